The first-order valence-corrected chi connectivity index (χ1v) is 9.09. The summed E-state index contributed by atoms with van der Waals surface area (Å²) in [6, 6.07) is 4.27. The topological polar surface area (TPSA) is 68.0 Å². The Morgan fingerprint density at radius 2 is 1.83 bits per heavy atom. The predicted octanol–water partition coefficient (Wildman–Crippen LogP) is 3.72. The van der Waals surface area contributed by atoms with Crippen molar-refractivity contribution in [3.63, 3.8) is 0 Å². The molecule has 1 aliphatic carbocycles. The summed E-state index contributed by atoms with van der Waals surface area (Å²) in [4.78, 5) is 11.5. The first-order valence-electron chi connectivity index (χ1n) is 8.27. The summed E-state index contributed by atoms with van der Waals surface area (Å²) in [6.45, 7) is 7.47. The molecule has 0 fully saturated rings. The Morgan fingerprint density at radius 3 is 2.50 bits per heavy atom. The summed E-state index contributed by atoms with van der Waals surface area (Å²) in [5.41, 5.74) is 5.22. The molecule has 1 aromatic heterocycles. The van der Waals surface area contributed by atoms with Crippen LogP contribution in [0.3, 0.4) is 0 Å². The molecule has 2 aromatic rings. The van der Waals surface area contributed by atoms with E-state index in [0.717, 1.165) is 24.4 Å². The molecule has 0 atom stereocenters. The Hall–Kier alpha value is -1.82. The lowest BCUT2D eigenvalue weighted by atomic mass is 9.87. The van der Waals surface area contributed by atoms with Crippen molar-refractivity contribution >= 4 is 17.7 Å². The number of carboxylic acid groups (broad SMARTS) is 1. The van der Waals surface area contributed by atoms with Gasteiger partial charge >= 0.3 is 5.97 Å². The minimum Gasteiger partial charge on any atom is -0.480 e. The van der Waals surface area contributed by atoms with Crippen LogP contribution < -0.4 is 0 Å². The van der Waals surface area contributed by atoms with Crippen LogP contribution in [-0.4, -0.2) is 30.6 Å². The van der Waals surface area contributed by atoms with E-state index in [2.05, 4.69) is 29.3 Å². The Kier molecular flexibility index (Phi) is 4.42. The van der Waals surface area contributed by atoms with E-state index in [1.807, 2.05) is 11.5 Å². The average Bonchev–Trinajstić information content (AvgIpc) is 2.88. The molecular weight excluding hydrogens is 322 g/mol. The molecule has 3 rings (SSSR count). The molecule has 24 heavy (non-hydrogen) atoms. The summed E-state index contributed by atoms with van der Waals surface area (Å²) in [7, 11) is 0. The highest BCUT2D eigenvalue weighted by atomic mass is 32.2. The van der Waals surface area contributed by atoms with Crippen LogP contribution in [0.25, 0.3) is 5.69 Å². The Balaban J connectivity index is 2.12. The van der Waals surface area contributed by atoms with Crippen molar-refractivity contribution in [3.8, 4) is 5.69 Å². The Morgan fingerprint density at radius 1 is 1.17 bits per heavy atom. The predicted molar refractivity (Wildman–Crippen MR) is 95.0 cm³/mol. The van der Waals surface area contributed by atoms with Crippen LogP contribution in [-0.2, 0) is 17.6 Å². The van der Waals surface area contributed by atoms with Crippen molar-refractivity contribution in [2.24, 2.45) is 0 Å². The summed E-state index contributed by atoms with van der Waals surface area (Å²) in [6.07, 6.45) is 4.58. The number of thioether (sulfide) groups is 1. The fourth-order valence-corrected chi connectivity index (χ4v) is 4.14. The normalized spacial score (nSPS) is 14.5. The summed E-state index contributed by atoms with van der Waals surface area (Å²) in [5, 5.41) is 18.5. The standard InChI is InChI=1S/C18H23N3O2S/c1-11-9-10-15(14-8-6-5-7-13(11)14)21-12(2)19-20-17(21)24-18(3,4)16(22)23/h9-10H,5-8H2,1-4H3,(H,22,23). The maximum absolute atomic E-state index is 11.5. The van der Waals surface area contributed by atoms with E-state index >= 15 is 0 Å². The SMILES string of the molecule is Cc1ccc(-n2c(C)nnc2SC(C)(C)C(=O)O)c2c1CCCC2. The maximum Gasteiger partial charge on any atom is 0.319 e. The highest BCUT2D eigenvalue weighted by molar-refractivity contribution is 8.01. The smallest absolute Gasteiger partial charge is 0.319 e. The minimum atomic E-state index is -0.956. The number of nitrogens with zero attached hydrogens (tertiary/aromatic N) is 3. The number of aromatic nitrogens is 3. The molecule has 6 heteroatoms. The van der Waals surface area contributed by atoms with E-state index in [1.165, 1.54) is 41.3 Å². The van der Waals surface area contributed by atoms with Gasteiger partial charge in [0.25, 0.3) is 0 Å². The van der Waals surface area contributed by atoms with Crippen LogP contribution in [0.5, 0.6) is 0 Å². The zero-order chi connectivity index (χ0) is 17.5. The van der Waals surface area contributed by atoms with Gasteiger partial charge in [-0.25, -0.2) is 0 Å². The van der Waals surface area contributed by atoms with Gasteiger partial charge in [0.1, 0.15) is 10.6 Å². The average molecular weight is 345 g/mol. The molecule has 128 valence electrons. The van der Waals surface area contributed by atoms with Crippen LogP contribution in [0, 0.1) is 13.8 Å². The van der Waals surface area contributed by atoms with E-state index in [1.54, 1.807) is 13.8 Å². The fourth-order valence-electron chi connectivity index (χ4n) is 3.20. The van der Waals surface area contributed by atoms with E-state index in [4.69, 9.17) is 0 Å². The summed E-state index contributed by atoms with van der Waals surface area (Å²) < 4.78 is 1.06. The van der Waals surface area contributed by atoms with Gasteiger partial charge in [0, 0.05) is 0 Å². The monoisotopic (exact) mass is 345 g/mol. The lowest BCUT2D eigenvalue weighted by Crippen LogP contribution is -2.27. The molecular formula is C18H23N3O2S. The third-order valence-corrected chi connectivity index (χ3v) is 5.77. The number of rotatable bonds is 4. The lowest BCUT2D eigenvalue weighted by molar-refractivity contribution is -0.138. The van der Waals surface area contributed by atoms with Gasteiger partial charge in [-0.2, -0.15) is 0 Å². The van der Waals surface area contributed by atoms with Crippen LogP contribution in [0.2, 0.25) is 0 Å². The van der Waals surface area contributed by atoms with Gasteiger partial charge in [0.05, 0.1) is 5.69 Å². The van der Waals surface area contributed by atoms with Gasteiger partial charge in [-0.3, -0.25) is 9.36 Å². The van der Waals surface area contributed by atoms with Crippen LogP contribution in [0.1, 0.15) is 49.2 Å². The molecule has 0 unspecified atom stereocenters. The molecule has 0 saturated heterocycles. The maximum atomic E-state index is 11.5. The van der Waals surface area contributed by atoms with Crippen molar-refractivity contribution in [3.05, 3.63) is 34.6 Å². The molecule has 0 saturated carbocycles. The van der Waals surface area contributed by atoms with E-state index in [-0.39, 0.29) is 0 Å². The largest absolute Gasteiger partial charge is 0.480 e. The molecule has 1 aromatic carbocycles. The van der Waals surface area contributed by atoms with Gasteiger partial charge in [-0.05, 0) is 76.1 Å². The van der Waals surface area contributed by atoms with Crippen molar-refractivity contribution in [2.45, 2.75) is 63.3 Å². The molecule has 0 aliphatic heterocycles. The molecule has 1 N–H and O–H groups in total. The number of benzene rings is 1. The van der Waals surface area contributed by atoms with Crippen molar-refractivity contribution < 1.29 is 9.90 Å². The third kappa shape index (κ3) is 2.95. The van der Waals surface area contributed by atoms with Gasteiger partial charge in [-0.1, -0.05) is 17.8 Å². The third-order valence-electron chi connectivity index (χ3n) is 4.64. The zero-order valence-corrected chi connectivity index (χ0v) is 15.4. The molecule has 1 heterocycles. The second-order valence-electron chi connectivity index (χ2n) is 6.85. The van der Waals surface area contributed by atoms with Crippen molar-refractivity contribution in [2.75, 3.05) is 0 Å². The number of hydrogen-bond acceptors (Lipinski definition) is 4. The van der Waals surface area contributed by atoms with E-state index in [0.29, 0.717) is 5.16 Å². The molecule has 0 radical (unpaired) electrons. The van der Waals surface area contributed by atoms with Gasteiger partial charge in [-0.15, -0.1) is 10.2 Å². The number of carboxylic acids is 1. The number of aliphatic carboxylic acids is 1. The van der Waals surface area contributed by atoms with Crippen molar-refractivity contribution in [1.82, 2.24) is 14.8 Å². The quantitative estimate of drug-likeness (QED) is 0.856. The lowest BCUT2D eigenvalue weighted by Gasteiger charge is -2.24. The van der Waals surface area contributed by atoms with E-state index < -0.39 is 10.7 Å². The van der Waals surface area contributed by atoms with Gasteiger partial charge in [0.15, 0.2) is 5.16 Å². The first kappa shape index (κ1) is 17.0. The van der Waals surface area contributed by atoms with Gasteiger partial charge in [0.2, 0.25) is 0 Å². The fraction of sp³-hybridized carbons (Fsp3) is 0.500. The Bertz CT molecular complexity index is 796. The Labute approximate surface area is 146 Å². The second-order valence-corrected chi connectivity index (χ2v) is 8.44. The van der Waals surface area contributed by atoms with Crippen LogP contribution >= 0.6 is 11.8 Å². The first-order chi connectivity index (χ1) is 11.3. The highest BCUT2D eigenvalue weighted by Crippen LogP contribution is 2.36. The summed E-state index contributed by atoms with van der Waals surface area (Å²) >= 11 is 1.24. The number of fused-ring (bicyclic) bond motifs is 1. The number of aryl methyl sites for hydroxylation is 2. The molecule has 5 nitrogen and oxygen atoms in total. The van der Waals surface area contributed by atoms with Crippen LogP contribution in [0.4, 0.5) is 0 Å². The number of carbonyl (C=O) groups is 1. The van der Waals surface area contributed by atoms with Crippen LogP contribution in [0.15, 0.2) is 17.3 Å². The van der Waals surface area contributed by atoms with Gasteiger partial charge < -0.3 is 5.11 Å². The second kappa shape index (κ2) is 6.24. The summed E-state index contributed by atoms with van der Waals surface area (Å²) in [5.74, 6) is -0.0686. The molecule has 1 aliphatic rings. The van der Waals surface area contributed by atoms with E-state index in [9.17, 15) is 9.90 Å². The molecule has 0 spiro atoms. The highest BCUT2D eigenvalue weighted by Gasteiger charge is 2.32. The number of hydrogen-bond donors (Lipinski definition) is 1. The molecule has 0 bridgehead atoms. The minimum absolute atomic E-state index is 0.636. The van der Waals surface area contributed by atoms with Crippen molar-refractivity contribution in [1.29, 1.82) is 0 Å². The molecule has 0 amide bonds. The zero-order valence-electron chi connectivity index (χ0n) is 14.6.